The second kappa shape index (κ2) is 8.67. The molecule has 4 rings (SSSR count). The second-order valence-electron chi connectivity index (χ2n) is 7.16. The van der Waals surface area contributed by atoms with Crippen LogP contribution in [-0.2, 0) is 6.54 Å². The molecule has 0 aliphatic heterocycles. The highest BCUT2D eigenvalue weighted by molar-refractivity contribution is 6.31. The van der Waals surface area contributed by atoms with Gasteiger partial charge in [0, 0.05) is 10.6 Å². The molecule has 1 N–H and O–H groups in total. The van der Waals surface area contributed by atoms with Crippen molar-refractivity contribution >= 4 is 28.5 Å². The Morgan fingerprint density at radius 2 is 1.93 bits per heavy atom. The Labute approximate surface area is 179 Å². The van der Waals surface area contributed by atoms with Crippen LogP contribution in [0, 0.1) is 5.82 Å². The fraction of sp³-hybridized carbons (Fsp3) is 0.167. The number of imidazole rings is 1. The molecular formula is C24H21ClFN3O. The summed E-state index contributed by atoms with van der Waals surface area (Å²) in [7, 11) is 0. The number of halogens is 2. The van der Waals surface area contributed by atoms with E-state index in [9.17, 15) is 9.18 Å². The number of hydrogen-bond donors (Lipinski definition) is 1. The number of aromatic nitrogens is 2. The zero-order valence-corrected chi connectivity index (χ0v) is 17.2. The molecule has 1 heterocycles. The number of nitrogens with one attached hydrogen (secondary N) is 1. The number of fused-ring (bicyclic) bond motifs is 1. The molecule has 1 amide bonds. The van der Waals surface area contributed by atoms with Gasteiger partial charge in [0.05, 0.1) is 29.9 Å². The van der Waals surface area contributed by atoms with Crippen LogP contribution >= 0.6 is 11.6 Å². The van der Waals surface area contributed by atoms with E-state index in [4.69, 9.17) is 11.6 Å². The van der Waals surface area contributed by atoms with E-state index in [-0.39, 0.29) is 17.8 Å². The van der Waals surface area contributed by atoms with Crippen LogP contribution in [0.15, 0.2) is 73.1 Å². The quantitative estimate of drug-likeness (QED) is 0.430. The molecule has 4 aromatic rings. The minimum absolute atomic E-state index is 0.0485. The van der Waals surface area contributed by atoms with Crippen molar-refractivity contribution in [3.63, 3.8) is 0 Å². The molecule has 3 aromatic carbocycles. The fourth-order valence-corrected chi connectivity index (χ4v) is 3.74. The van der Waals surface area contributed by atoms with E-state index in [1.807, 2.05) is 47.9 Å². The molecule has 152 valence electrons. The maximum absolute atomic E-state index is 13.3. The maximum atomic E-state index is 13.3. The average molecular weight is 422 g/mol. The number of nitrogens with zero attached hydrogens (tertiary/aromatic N) is 2. The zero-order valence-electron chi connectivity index (χ0n) is 16.5. The van der Waals surface area contributed by atoms with Crippen molar-refractivity contribution in [2.75, 3.05) is 0 Å². The number of amides is 1. The maximum Gasteiger partial charge on any atom is 0.251 e. The molecule has 0 radical (unpaired) electrons. The first kappa shape index (κ1) is 20.1. The van der Waals surface area contributed by atoms with E-state index in [1.54, 1.807) is 24.5 Å². The van der Waals surface area contributed by atoms with Gasteiger partial charge in [0.25, 0.3) is 5.91 Å². The van der Waals surface area contributed by atoms with Crippen LogP contribution in [0.4, 0.5) is 4.39 Å². The van der Waals surface area contributed by atoms with Gasteiger partial charge in [0.2, 0.25) is 0 Å². The highest BCUT2D eigenvalue weighted by Gasteiger charge is 2.15. The third kappa shape index (κ3) is 4.21. The molecule has 0 saturated carbocycles. The number of carbonyl (C=O) groups excluding carboxylic acids is 1. The van der Waals surface area contributed by atoms with Crippen molar-refractivity contribution in [3.05, 3.63) is 101 Å². The van der Waals surface area contributed by atoms with Gasteiger partial charge < -0.3 is 9.88 Å². The number of hydrogen-bond acceptors (Lipinski definition) is 2. The number of benzene rings is 3. The summed E-state index contributed by atoms with van der Waals surface area (Å²) in [6, 6.07) is 19.7. The lowest BCUT2D eigenvalue weighted by atomic mass is 10.0. The zero-order chi connectivity index (χ0) is 21.1. The molecule has 0 spiro atoms. The smallest absolute Gasteiger partial charge is 0.251 e. The van der Waals surface area contributed by atoms with Gasteiger partial charge in [-0.15, -0.1) is 0 Å². The van der Waals surface area contributed by atoms with Crippen LogP contribution in [0.5, 0.6) is 0 Å². The molecule has 0 bridgehead atoms. The molecular weight excluding hydrogens is 401 g/mol. The van der Waals surface area contributed by atoms with E-state index < -0.39 is 0 Å². The van der Waals surface area contributed by atoms with Crippen LogP contribution in [-0.4, -0.2) is 15.5 Å². The standard InChI is InChI=1S/C24H21ClFN3O/c1-2-21(16-6-4-3-5-7-16)28-24(30)17-9-11-23-22(12-17)27-15-29(23)14-18-8-10-19(26)13-20(18)25/h3-13,15,21H,2,14H2,1H3,(H,28,30)/t21-/m1/s1. The molecule has 0 saturated heterocycles. The first-order valence-electron chi connectivity index (χ1n) is 9.79. The summed E-state index contributed by atoms with van der Waals surface area (Å²) in [5.41, 5.74) is 4.03. The Hall–Kier alpha value is -3.18. The van der Waals surface area contributed by atoms with Crippen molar-refractivity contribution in [2.45, 2.75) is 25.9 Å². The largest absolute Gasteiger partial charge is 0.345 e. The lowest BCUT2D eigenvalue weighted by molar-refractivity contribution is 0.0935. The minimum Gasteiger partial charge on any atom is -0.345 e. The Bertz CT molecular complexity index is 1190. The molecule has 0 unspecified atom stereocenters. The summed E-state index contributed by atoms with van der Waals surface area (Å²) in [4.78, 5) is 17.2. The van der Waals surface area contributed by atoms with Crippen molar-refractivity contribution < 1.29 is 9.18 Å². The molecule has 0 aliphatic rings. The highest BCUT2D eigenvalue weighted by Crippen LogP contribution is 2.22. The topological polar surface area (TPSA) is 46.9 Å². The first-order chi connectivity index (χ1) is 14.5. The minimum atomic E-state index is -0.365. The van der Waals surface area contributed by atoms with E-state index in [2.05, 4.69) is 10.3 Å². The van der Waals surface area contributed by atoms with Gasteiger partial charge in [-0.2, -0.15) is 0 Å². The van der Waals surface area contributed by atoms with Gasteiger partial charge in [0.15, 0.2) is 0 Å². The van der Waals surface area contributed by atoms with E-state index in [0.29, 0.717) is 22.6 Å². The van der Waals surface area contributed by atoms with Crippen LogP contribution in [0.25, 0.3) is 11.0 Å². The summed E-state index contributed by atoms with van der Waals surface area (Å²) in [5.74, 6) is -0.500. The Morgan fingerprint density at radius 1 is 1.13 bits per heavy atom. The van der Waals surface area contributed by atoms with Crippen molar-refractivity contribution in [1.29, 1.82) is 0 Å². The summed E-state index contributed by atoms with van der Waals surface area (Å²) in [6.45, 7) is 2.51. The van der Waals surface area contributed by atoms with Crippen LogP contribution in [0.1, 0.15) is 40.9 Å². The molecule has 6 heteroatoms. The molecule has 1 atom stereocenters. The molecule has 30 heavy (non-hydrogen) atoms. The highest BCUT2D eigenvalue weighted by atomic mass is 35.5. The number of rotatable bonds is 6. The van der Waals surface area contributed by atoms with E-state index in [1.165, 1.54) is 12.1 Å². The Kier molecular flexibility index (Phi) is 5.81. The fourth-order valence-electron chi connectivity index (χ4n) is 3.51. The Morgan fingerprint density at radius 3 is 2.67 bits per heavy atom. The summed E-state index contributed by atoms with van der Waals surface area (Å²) in [6.07, 6.45) is 2.50. The normalized spacial score (nSPS) is 12.1. The monoisotopic (exact) mass is 421 g/mol. The van der Waals surface area contributed by atoms with Crippen molar-refractivity contribution in [3.8, 4) is 0 Å². The summed E-state index contributed by atoms with van der Waals surface area (Å²) < 4.78 is 15.2. The van der Waals surface area contributed by atoms with Gasteiger partial charge in [-0.05, 0) is 47.9 Å². The molecule has 4 nitrogen and oxygen atoms in total. The third-order valence-electron chi connectivity index (χ3n) is 5.15. The first-order valence-corrected chi connectivity index (χ1v) is 10.2. The average Bonchev–Trinajstić information content (AvgIpc) is 3.16. The third-order valence-corrected chi connectivity index (χ3v) is 5.51. The predicted molar refractivity (Wildman–Crippen MR) is 117 cm³/mol. The van der Waals surface area contributed by atoms with Crippen LogP contribution < -0.4 is 5.32 Å². The molecule has 1 aromatic heterocycles. The lowest BCUT2D eigenvalue weighted by Gasteiger charge is -2.17. The van der Waals surface area contributed by atoms with Crippen molar-refractivity contribution in [1.82, 2.24) is 14.9 Å². The van der Waals surface area contributed by atoms with E-state index in [0.717, 1.165) is 23.1 Å². The van der Waals surface area contributed by atoms with Gasteiger partial charge in [-0.3, -0.25) is 4.79 Å². The Balaban J connectivity index is 1.55. The number of carbonyl (C=O) groups is 1. The SMILES string of the molecule is CC[C@@H](NC(=O)c1ccc2c(c1)ncn2Cc1ccc(F)cc1Cl)c1ccccc1. The predicted octanol–water partition coefficient (Wildman–Crippen LogP) is 5.76. The second-order valence-corrected chi connectivity index (χ2v) is 7.56. The van der Waals surface area contributed by atoms with Crippen LogP contribution in [0.3, 0.4) is 0 Å². The van der Waals surface area contributed by atoms with Gasteiger partial charge in [-0.1, -0.05) is 54.9 Å². The van der Waals surface area contributed by atoms with Gasteiger partial charge >= 0.3 is 0 Å². The molecule has 0 fully saturated rings. The van der Waals surface area contributed by atoms with Crippen LogP contribution in [0.2, 0.25) is 5.02 Å². The van der Waals surface area contributed by atoms with E-state index >= 15 is 0 Å². The van der Waals surface area contributed by atoms with Gasteiger partial charge in [-0.25, -0.2) is 9.37 Å². The van der Waals surface area contributed by atoms with Crippen molar-refractivity contribution in [2.24, 2.45) is 0 Å². The molecule has 0 aliphatic carbocycles. The van der Waals surface area contributed by atoms with Gasteiger partial charge in [0.1, 0.15) is 5.82 Å². The lowest BCUT2D eigenvalue weighted by Crippen LogP contribution is -2.28. The summed E-state index contributed by atoms with van der Waals surface area (Å²) >= 11 is 6.15. The summed E-state index contributed by atoms with van der Waals surface area (Å²) in [5, 5.41) is 3.47.